The van der Waals surface area contributed by atoms with E-state index in [2.05, 4.69) is 11.9 Å². The molecule has 2 atom stereocenters. The number of hydrogen-bond donors (Lipinski definition) is 1. The minimum absolute atomic E-state index is 0.348. The van der Waals surface area contributed by atoms with Crippen LogP contribution < -0.4 is 5.73 Å². The number of nitrogens with two attached hydrogens (primary N) is 1. The molecule has 1 saturated heterocycles. The van der Waals surface area contributed by atoms with Gasteiger partial charge in [0.1, 0.15) is 0 Å². The monoisotopic (exact) mass is 282 g/mol. The number of benzene rings is 1. The summed E-state index contributed by atoms with van der Waals surface area (Å²) in [5.74, 6) is 0.532. The van der Waals surface area contributed by atoms with Crippen molar-refractivity contribution in [3.63, 3.8) is 0 Å². The highest BCUT2D eigenvalue weighted by atomic mass is 32.2. The Hall–Kier alpha value is -0.910. The Bertz CT molecular complexity index is 569. The molecule has 1 aromatic carbocycles. The first-order chi connectivity index (χ1) is 8.82. The van der Waals surface area contributed by atoms with Gasteiger partial charge in [-0.1, -0.05) is 12.1 Å². The summed E-state index contributed by atoms with van der Waals surface area (Å²) < 4.78 is 23.2. The molecule has 0 aliphatic carbocycles. The van der Waals surface area contributed by atoms with Crippen molar-refractivity contribution >= 4 is 9.84 Å². The fourth-order valence-corrected chi connectivity index (χ4v) is 3.92. The average molecular weight is 282 g/mol. The van der Waals surface area contributed by atoms with Crippen molar-refractivity contribution in [3.8, 4) is 0 Å². The van der Waals surface area contributed by atoms with E-state index in [0.29, 0.717) is 23.4 Å². The molecule has 1 aliphatic rings. The van der Waals surface area contributed by atoms with Crippen molar-refractivity contribution in [3.05, 3.63) is 29.3 Å². The van der Waals surface area contributed by atoms with E-state index in [-0.39, 0.29) is 0 Å². The lowest BCUT2D eigenvalue weighted by molar-refractivity contribution is 0.313. The van der Waals surface area contributed by atoms with Crippen LogP contribution in [0.3, 0.4) is 0 Å². The van der Waals surface area contributed by atoms with Gasteiger partial charge in [0.15, 0.2) is 9.84 Å². The second-order valence-corrected chi connectivity index (χ2v) is 7.57. The van der Waals surface area contributed by atoms with Gasteiger partial charge in [0.05, 0.1) is 4.90 Å². The third-order valence-electron chi connectivity index (χ3n) is 3.95. The van der Waals surface area contributed by atoms with E-state index in [0.717, 1.165) is 18.5 Å². The van der Waals surface area contributed by atoms with E-state index >= 15 is 0 Å². The molecule has 1 fully saturated rings. The molecule has 0 bridgehead atoms. The van der Waals surface area contributed by atoms with Crippen LogP contribution in [0.4, 0.5) is 0 Å². The summed E-state index contributed by atoms with van der Waals surface area (Å²) >= 11 is 0. The van der Waals surface area contributed by atoms with E-state index in [1.54, 1.807) is 6.07 Å². The van der Waals surface area contributed by atoms with Crippen LogP contribution in [0.15, 0.2) is 23.1 Å². The largest absolute Gasteiger partial charge is 0.330 e. The molecule has 0 radical (unpaired) electrons. The third kappa shape index (κ3) is 2.99. The molecule has 5 heteroatoms. The summed E-state index contributed by atoms with van der Waals surface area (Å²) in [5.41, 5.74) is 7.75. The standard InChI is InChI=1S/C14H22N2O2S/c1-10-6-12(4-5-14(10)19(3,17)18)13-7-11(8-15)9-16(13)2/h4-6,11,13H,7-9,15H2,1-3H3. The van der Waals surface area contributed by atoms with Crippen LogP contribution in [0.1, 0.15) is 23.6 Å². The topological polar surface area (TPSA) is 63.4 Å². The third-order valence-corrected chi connectivity index (χ3v) is 5.21. The second kappa shape index (κ2) is 5.23. The Morgan fingerprint density at radius 3 is 2.58 bits per heavy atom. The maximum absolute atomic E-state index is 11.6. The van der Waals surface area contributed by atoms with Gasteiger partial charge in [-0.05, 0) is 50.0 Å². The van der Waals surface area contributed by atoms with Crippen molar-refractivity contribution in [2.24, 2.45) is 11.7 Å². The Kier molecular flexibility index (Phi) is 3.99. The van der Waals surface area contributed by atoms with Crippen LogP contribution in [-0.2, 0) is 9.84 Å². The van der Waals surface area contributed by atoms with Crippen molar-refractivity contribution in [2.75, 3.05) is 26.4 Å². The van der Waals surface area contributed by atoms with Gasteiger partial charge in [0, 0.05) is 18.8 Å². The summed E-state index contributed by atoms with van der Waals surface area (Å²) in [4.78, 5) is 2.72. The Balaban J connectivity index is 2.31. The molecule has 4 nitrogen and oxygen atoms in total. The van der Waals surface area contributed by atoms with E-state index in [1.807, 2.05) is 19.1 Å². The van der Waals surface area contributed by atoms with Crippen molar-refractivity contribution in [2.45, 2.75) is 24.3 Å². The lowest BCUT2D eigenvalue weighted by Gasteiger charge is -2.20. The van der Waals surface area contributed by atoms with Gasteiger partial charge >= 0.3 is 0 Å². The minimum atomic E-state index is -3.14. The Labute approximate surface area is 115 Å². The zero-order chi connectivity index (χ0) is 14.2. The molecule has 2 unspecified atom stereocenters. The van der Waals surface area contributed by atoms with E-state index < -0.39 is 9.84 Å². The van der Waals surface area contributed by atoms with Gasteiger partial charge in [0.25, 0.3) is 0 Å². The van der Waals surface area contributed by atoms with Crippen LogP contribution >= 0.6 is 0 Å². The number of hydrogen-bond acceptors (Lipinski definition) is 4. The second-order valence-electron chi connectivity index (χ2n) is 5.59. The fraction of sp³-hybridized carbons (Fsp3) is 0.571. The molecule has 2 N–H and O–H groups in total. The summed E-state index contributed by atoms with van der Waals surface area (Å²) in [6.45, 7) is 3.57. The molecular weight excluding hydrogens is 260 g/mol. The average Bonchev–Trinajstić information content (AvgIpc) is 2.68. The molecule has 0 saturated carbocycles. The first-order valence-corrected chi connectivity index (χ1v) is 8.43. The zero-order valence-electron chi connectivity index (χ0n) is 11.8. The maximum Gasteiger partial charge on any atom is 0.175 e. The fourth-order valence-electron chi connectivity index (χ4n) is 2.96. The van der Waals surface area contributed by atoms with Crippen LogP contribution in [-0.4, -0.2) is 39.7 Å². The van der Waals surface area contributed by atoms with Crippen molar-refractivity contribution in [1.82, 2.24) is 4.90 Å². The lowest BCUT2D eigenvalue weighted by Crippen LogP contribution is -2.20. The van der Waals surface area contributed by atoms with Crippen LogP contribution in [0.25, 0.3) is 0 Å². The molecule has 1 aliphatic heterocycles. The smallest absolute Gasteiger partial charge is 0.175 e. The summed E-state index contributed by atoms with van der Waals surface area (Å²) in [6.07, 6.45) is 2.30. The highest BCUT2D eigenvalue weighted by Crippen LogP contribution is 2.34. The molecule has 0 aromatic heterocycles. The molecule has 1 aromatic rings. The van der Waals surface area contributed by atoms with Gasteiger partial charge < -0.3 is 5.73 Å². The summed E-state index contributed by atoms with van der Waals surface area (Å²) in [6, 6.07) is 6.00. The van der Waals surface area contributed by atoms with Crippen LogP contribution in [0, 0.1) is 12.8 Å². The number of rotatable bonds is 3. The zero-order valence-corrected chi connectivity index (χ0v) is 12.6. The normalized spacial score (nSPS) is 24.8. The highest BCUT2D eigenvalue weighted by Gasteiger charge is 2.30. The number of sulfone groups is 1. The quantitative estimate of drug-likeness (QED) is 0.909. The predicted octanol–water partition coefficient (Wildman–Crippen LogP) is 1.35. The molecular formula is C14H22N2O2S. The summed E-state index contributed by atoms with van der Waals surface area (Å²) in [7, 11) is -1.04. The van der Waals surface area contributed by atoms with Crippen molar-refractivity contribution in [1.29, 1.82) is 0 Å². The first kappa shape index (κ1) is 14.5. The van der Waals surface area contributed by atoms with Gasteiger partial charge in [0.2, 0.25) is 0 Å². The first-order valence-electron chi connectivity index (χ1n) is 6.54. The van der Waals surface area contributed by atoms with E-state index in [1.165, 1.54) is 11.8 Å². The van der Waals surface area contributed by atoms with Gasteiger partial charge in [-0.2, -0.15) is 0 Å². The van der Waals surface area contributed by atoms with Gasteiger partial charge in [-0.3, -0.25) is 4.90 Å². The van der Waals surface area contributed by atoms with Crippen molar-refractivity contribution < 1.29 is 8.42 Å². The van der Waals surface area contributed by atoms with Crippen LogP contribution in [0.5, 0.6) is 0 Å². The number of likely N-dealkylation sites (tertiary alicyclic amines) is 1. The molecule has 106 valence electrons. The maximum atomic E-state index is 11.6. The van der Waals surface area contributed by atoms with E-state index in [9.17, 15) is 8.42 Å². The van der Waals surface area contributed by atoms with E-state index in [4.69, 9.17) is 5.73 Å². The SMILES string of the molecule is Cc1cc(C2CC(CN)CN2C)ccc1S(C)(=O)=O. The molecule has 2 rings (SSSR count). The van der Waals surface area contributed by atoms with Crippen LogP contribution in [0.2, 0.25) is 0 Å². The van der Waals surface area contributed by atoms with Gasteiger partial charge in [-0.25, -0.2) is 8.42 Å². The molecule has 1 heterocycles. The highest BCUT2D eigenvalue weighted by molar-refractivity contribution is 7.90. The lowest BCUT2D eigenvalue weighted by atomic mass is 9.99. The minimum Gasteiger partial charge on any atom is -0.330 e. The molecule has 0 spiro atoms. The predicted molar refractivity (Wildman–Crippen MR) is 76.8 cm³/mol. The Morgan fingerprint density at radius 1 is 1.42 bits per heavy atom. The number of nitrogens with zero attached hydrogens (tertiary/aromatic N) is 1. The number of aryl methyl sites for hydroxylation is 1. The summed E-state index contributed by atoms with van der Waals surface area (Å²) in [5, 5.41) is 0. The molecule has 19 heavy (non-hydrogen) atoms. The molecule has 0 amide bonds. The Morgan fingerprint density at radius 2 is 2.11 bits per heavy atom. The van der Waals surface area contributed by atoms with Gasteiger partial charge in [-0.15, -0.1) is 0 Å².